The summed E-state index contributed by atoms with van der Waals surface area (Å²) >= 11 is 0. The summed E-state index contributed by atoms with van der Waals surface area (Å²) in [6.07, 6.45) is 4.01. The normalized spacial score (nSPS) is 10.6. The Bertz CT molecular complexity index is 494. The van der Waals surface area contributed by atoms with Gasteiger partial charge in [-0.2, -0.15) is 0 Å². The maximum Gasteiger partial charge on any atom is 0.102 e. The van der Waals surface area contributed by atoms with E-state index in [4.69, 9.17) is 0 Å². The van der Waals surface area contributed by atoms with E-state index >= 15 is 0 Å². The molecule has 2 rings (SSSR count). The maximum atomic E-state index is 4.09. The van der Waals surface area contributed by atoms with Crippen LogP contribution in [0, 0.1) is 0 Å². The summed E-state index contributed by atoms with van der Waals surface area (Å²) in [6.45, 7) is 5.09. The first-order valence-corrected chi connectivity index (χ1v) is 6.44. The van der Waals surface area contributed by atoms with Crippen molar-refractivity contribution in [2.45, 2.75) is 33.2 Å². The average molecular weight is 244 g/mol. The van der Waals surface area contributed by atoms with Crippen LogP contribution >= 0.6 is 0 Å². The number of anilines is 1. The number of aromatic nitrogens is 3. The second-order valence-electron chi connectivity index (χ2n) is 4.40. The van der Waals surface area contributed by atoms with Crippen LogP contribution in [-0.2, 0) is 26.4 Å². The van der Waals surface area contributed by atoms with E-state index in [1.807, 2.05) is 13.2 Å². The van der Waals surface area contributed by atoms with E-state index in [-0.39, 0.29) is 0 Å². The van der Waals surface area contributed by atoms with Crippen LogP contribution in [0.4, 0.5) is 5.69 Å². The van der Waals surface area contributed by atoms with Crippen molar-refractivity contribution in [3.05, 3.63) is 41.2 Å². The molecule has 0 saturated carbocycles. The number of para-hydroxylation sites is 1. The van der Waals surface area contributed by atoms with Gasteiger partial charge < -0.3 is 5.32 Å². The summed E-state index contributed by atoms with van der Waals surface area (Å²) in [5.74, 6) is 0. The highest BCUT2D eigenvalue weighted by molar-refractivity contribution is 5.57. The summed E-state index contributed by atoms with van der Waals surface area (Å²) in [6, 6.07) is 6.49. The highest BCUT2D eigenvalue weighted by Crippen LogP contribution is 2.22. The molecule has 0 spiro atoms. The van der Waals surface area contributed by atoms with Crippen molar-refractivity contribution in [2.24, 2.45) is 7.05 Å². The first-order valence-electron chi connectivity index (χ1n) is 6.44. The van der Waals surface area contributed by atoms with Gasteiger partial charge in [0.15, 0.2) is 0 Å². The average Bonchev–Trinajstić information content (AvgIpc) is 2.81. The summed E-state index contributed by atoms with van der Waals surface area (Å²) in [4.78, 5) is 0. The minimum absolute atomic E-state index is 0.720. The number of hydrogen-bond donors (Lipinski definition) is 1. The molecule has 0 unspecified atom stereocenters. The lowest BCUT2D eigenvalue weighted by molar-refractivity contribution is 0.713. The molecule has 0 bridgehead atoms. The zero-order valence-electron chi connectivity index (χ0n) is 11.3. The van der Waals surface area contributed by atoms with E-state index in [1.165, 1.54) is 16.8 Å². The van der Waals surface area contributed by atoms with Gasteiger partial charge in [0, 0.05) is 18.9 Å². The predicted octanol–water partition coefficient (Wildman–Crippen LogP) is 2.55. The van der Waals surface area contributed by atoms with Crippen molar-refractivity contribution >= 4 is 5.69 Å². The van der Waals surface area contributed by atoms with Crippen LogP contribution in [-0.4, -0.2) is 15.0 Å². The lowest BCUT2D eigenvalue weighted by Crippen LogP contribution is -2.05. The predicted molar refractivity (Wildman–Crippen MR) is 73.5 cm³/mol. The number of nitrogens with zero attached hydrogens (tertiary/aromatic N) is 3. The van der Waals surface area contributed by atoms with Crippen LogP contribution in [0.1, 0.15) is 30.7 Å². The quantitative estimate of drug-likeness (QED) is 0.879. The highest BCUT2D eigenvalue weighted by atomic mass is 15.4. The van der Waals surface area contributed by atoms with Gasteiger partial charge in [-0.25, -0.2) is 0 Å². The summed E-state index contributed by atoms with van der Waals surface area (Å²) in [5, 5.41) is 11.5. The molecule has 2 aromatic rings. The van der Waals surface area contributed by atoms with Crippen molar-refractivity contribution in [1.29, 1.82) is 0 Å². The van der Waals surface area contributed by atoms with Crippen molar-refractivity contribution in [3.8, 4) is 0 Å². The first kappa shape index (κ1) is 12.6. The molecule has 0 aliphatic rings. The van der Waals surface area contributed by atoms with Crippen molar-refractivity contribution < 1.29 is 0 Å². The van der Waals surface area contributed by atoms with Crippen LogP contribution in [0.3, 0.4) is 0 Å². The molecule has 1 N–H and O–H groups in total. The SMILES string of the molecule is CCc1cccc(CC)c1NCc1cn(C)nn1. The van der Waals surface area contributed by atoms with E-state index < -0.39 is 0 Å². The van der Waals surface area contributed by atoms with E-state index in [0.29, 0.717) is 0 Å². The van der Waals surface area contributed by atoms with E-state index in [2.05, 4.69) is 47.7 Å². The number of rotatable bonds is 5. The number of nitrogens with one attached hydrogen (secondary N) is 1. The second kappa shape index (κ2) is 5.67. The van der Waals surface area contributed by atoms with Gasteiger partial charge in [-0.3, -0.25) is 4.68 Å². The Kier molecular flexibility index (Phi) is 3.97. The molecule has 18 heavy (non-hydrogen) atoms. The molecule has 1 aromatic carbocycles. The largest absolute Gasteiger partial charge is 0.379 e. The molecule has 0 atom stereocenters. The Morgan fingerprint density at radius 3 is 2.33 bits per heavy atom. The van der Waals surface area contributed by atoms with Crippen LogP contribution in [0.25, 0.3) is 0 Å². The zero-order chi connectivity index (χ0) is 13.0. The fraction of sp³-hybridized carbons (Fsp3) is 0.429. The van der Waals surface area contributed by atoms with Gasteiger partial charge in [0.25, 0.3) is 0 Å². The maximum absolute atomic E-state index is 4.09. The van der Waals surface area contributed by atoms with Gasteiger partial charge in [0.05, 0.1) is 6.54 Å². The smallest absolute Gasteiger partial charge is 0.102 e. The molecular formula is C14H20N4. The Balaban J connectivity index is 2.17. The Morgan fingerprint density at radius 1 is 1.17 bits per heavy atom. The third-order valence-electron chi connectivity index (χ3n) is 3.10. The summed E-state index contributed by atoms with van der Waals surface area (Å²) in [7, 11) is 1.88. The molecule has 0 saturated heterocycles. The summed E-state index contributed by atoms with van der Waals surface area (Å²) in [5.41, 5.74) is 4.94. The highest BCUT2D eigenvalue weighted by Gasteiger charge is 2.06. The van der Waals surface area contributed by atoms with Crippen molar-refractivity contribution in [1.82, 2.24) is 15.0 Å². The summed E-state index contributed by atoms with van der Waals surface area (Å²) < 4.78 is 1.73. The lowest BCUT2D eigenvalue weighted by Gasteiger charge is -2.14. The topological polar surface area (TPSA) is 42.7 Å². The molecule has 0 amide bonds. The molecule has 1 aromatic heterocycles. The minimum atomic E-state index is 0.720. The fourth-order valence-corrected chi connectivity index (χ4v) is 2.12. The molecular weight excluding hydrogens is 224 g/mol. The molecule has 4 heteroatoms. The van der Waals surface area contributed by atoms with Gasteiger partial charge in [-0.15, -0.1) is 5.10 Å². The molecule has 1 heterocycles. The van der Waals surface area contributed by atoms with E-state index in [0.717, 1.165) is 25.1 Å². The third-order valence-corrected chi connectivity index (χ3v) is 3.10. The van der Waals surface area contributed by atoms with E-state index in [1.54, 1.807) is 4.68 Å². The Labute approximate surface area is 108 Å². The first-order chi connectivity index (χ1) is 8.74. The van der Waals surface area contributed by atoms with Crippen LogP contribution in [0.2, 0.25) is 0 Å². The van der Waals surface area contributed by atoms with Crippen LogP contribution < -0.4 is 5.32 Å². The van der Waals surface area contributed by atoms with Gasteiger partial charge in [-0.1, -0.05) is 37.3 Å². The van der Waals surface area contributed by atoms with Gasteiger partial charge in [-0.05, 0) is 24.0 Å². The number of aryl methyl sites for hydroxylation is 3. The molecule has 0 aliphatic carbocycles. The molecule has 96 valence electrons. The van der Waals surface area contributed by atoms with Crippen molar-refractivity contribution in [3.63, 3.8) is 0 Å². The fourth-order valence-electron chi connectivity index (χ4n) is 2.12. The van der Waals surface area contributed by atoms with Gasteiger partial charge in [0.2, 0.25) is 0 Å². The number of hydrogen-bond acceptors (Lipinski definition) is 3. The van der Waals surface area contributed by atoms with Gasteiger partial charge in [0.1, 0.15) is 5.69 Å². The van der Waals surface area contributed by atoms with Crippen molar-refractivity contribution in [2.75, 3.05) is 5.32 Å². The van der Waals surface area contributed by atoms with E-state index in [9.17, 15) is 0 Å². The lowest BCUT2D eigenvalue weighted by atomic mass is 10.0. The Hall–Kier alpha value is -1.84. The minimum Gasteiger partial charge on any atom is -0.379 e. The van der Waals surface area contributed by atoms with Crippen LogP contribution in [0.5, 0.6) is 0 Å². The molecule has 0 radical (unpaired) electrons. The zero-order valence-corrected chi connectivity index (χ0v) is 11.3. The molecule has 0 aliphatic heterocycles. The van der Waals surface area contributed by atoms with Gasteiger partial charge >= 0.3 is 0 Å². The standard InChI is InChI=1S/C14H20N4/c1-4-11-7-6-8-12(5-2)14(11)15-9-13-10-18(3)17-16-13/h6-8,10,15H,4-5,9H2,1-3H3. The van der Waals surface area contributed by atoms with Crippen LogP contribution in [0.15, 0.2) is 24.4 Å². The third kappa shape index (κ3) is 2.70. The molecule has 4 nitrogen and oxygen atoms in total. The number of benzene rings is 1. The monoisotopic (exact) mass is 244 g/mol. The second-order valence-corrected chi connectivity index (χ2v) is 4.40. The molecule has 0 fully saturated rings. The Morgan fingerprint density at radius 2 is 1.83 bits per heavy atom.